The van der Waals surface area contributed by atoms with E-state index in [0.717, 1.165) is 16.8 Å². The smallest absolute Gasteiger partial charge is 0.0547 e. The number of nitrogens with zero attached hydrogens (tertiary/aromatic N) is 1. The maximum atomic E-state index is 3.51. The van der Waals surface area contributed by atoms with Gasteiger partial charge in [-0.1, -0.05) is 58.4 Å². The summed E-state index contributed by atoms with van der Waals surface area (Å²) in [4.78, 5) is 2.23. The molecule has 2 aromatic carbocycles. The summed E-state index contributed by atoms with van der Waals surface area (Å²) in [6.07, 6.45) is 0. The van der Waals surface area contributed by atoms with Crippen LogP contribution in [0.4, 0.5) is 0 Å². The zero-order chi connectivity index (χ0) is 14.4. The van der Waals surface area contributed by atoms with E-state index in [2.05, 4.69) is 89.5 Å². The Morgan fingerprint density at radius 2 is 1.55 bits per heavy atom. The van der Waals surface area contributed by atoms with Gasteiger partial charge < -0.3 is 4.90 Å². The lowest BCUT2D eigenvalue weighted by atomic mass is 10.0. The summed E-state index contributed by atoms with van der Waals surface area (Å²) in [6.45, 7) is 1.10. The number of benzene rings is 2. The van der Waals surface area contributed by atoms with Gasteiger partial charge in [0, 0.05) is 16.8 Å². The van der Waals surface area contributed by atoms with E-state index in [-0.39, 0.29) is 0 Å². The van der Waals surface area contributed by atoms with Crippen LogP contribution in [0.15, 0.2) is 59.1 Å². The summed E-state index contributed by atoms with van der Waals surface area (Å²) in [7, 11) is 4.25. The zero-order valence-electron chi connectivity index (χ0n) is 11.9. The minimum Gasteiger partial charge on any atom is -0.309 e. The van der Waals surface area contributed by atoms with Crippen molar-refractivity contribution in [3.63, 3.8) is 0 Å². The Morgan fingerprint density at radius 3 is 2.15 bits per heavy atom. The molecule has 0 aliphatic carbocycles. The van der Waals surface area contributed by atoms with Crippen molar-refractivity contribution in [2.24, 2.45) is 0 Å². The molecule has 2 rings (SSSR count). The van der Waals surface area contributed by atoms with Gasteiger partial charge in [0.15, 0.2) is 0 Å². The molecule has 0 fully saturated rings. The van der Waals surface area contributed by atoms with Crippen LogP contribution < -0.4 is 0 Å². The fraction of sp³-hybridized carbons (Fsp3) is 0.294. The Bertz CT molecular complexity index is 510. The lowest BCUT2D eigenvalue weighted by Crippen LogP contribution is -2.15. The van der Waals surface area contributed by atoms with E-state index in [0.29, 0.717) is 5.25 Å². The highest BCUT2D eigenvalue weighted by atomic mass is 79.9. The molecule has 3 heteroatoms. The summed E-state index contributed by atoms with van der Waals surface area (Å²) in [5.41, 5.74) is 2.74. The lowest BCUT2D eigenvalue weighted by molar-refractivity contribution is 0.437. The molecular formula is C17H20BrNS. The van der Waals surface area contributed by atoms with Crippen LogP contribution in [0.2, 0.25) is 0 Å². The second-order valence-corrected chi connectivity index (χ2v) is 7.15. The molecule has 0 bridgehead atoms. The van der Waals surface area contributed by atoms with Crippen LogP contribution in [-0.2, 0) is 0 Å². The number of halogens is 1. The van der Waals surface area contributed by atoms with Gasteiger partial charge >= 0.3 is 0 Å². The van der Waals surface area contributed by atoms with Crippen molar-refractivity contribution in [3.8, 4) is 0 Å². The first kappa shape index (κ1) is 15.6. The Balaban J connectivity index is 2.18. The largest absolute Gasteiger partial charge is 0.309 e. The van der Waals surface area contributed by atoms with Crippen molar-refractivity contribution in [2.45, 2.75) is 5.25 Å². The second kappa shape index (κ2) is 7.87. The van der Waals surface area contributed by atoms with E-state index in [1.54, 1.807) is 0 Å². The third-order valence-electron chi connectivity index (χ3n) is 3.10. The average Bonchev–Trinajstić information content (AvgIpc) is 2.46. The SMILES string of the molecule is CN(C)CCSC(c1ccccc1)c1ccc(Br)cc1. The van der Waals surface area contributed by atoms with Gasteiger partial charge in [-0.05, 0) is 37.4 Å². The van der Waals surface area contributed by atoms with Gasteiger partial charge in [0.25, 0.3) is 0 Å². The van der Waals surface area contributed by atoms with Crippen LogP contribution in [0, 0.1) is 0 Å². The first-order valence-corrected chi connectivity index (χ1v) is 8.58. The number of hydrogen-bond acceptors (Lipinski definition) is 2. The molecule has 0 radical (unpaired) electrons. The highest BCUT2D eigenvalue weighted by molar-refractivity contribution is 9.10. The third-order valence-corrected chi connectivity index (χ3v) is 4.92. The summed E-state index contributed by atoms with van der Waals surface area (Å²) in [6, 6.07) is 19.4. The van der Waals surface area contributed by atoms with Crippen molar-refractivity contribution in [1.29, 1.82) is 0 Å². The maximum Gasteiger partial charge on any atom is 0.0547 e. The standard InChI is InChI=1S/C17H20BrNS/c1-19(2)12-13-20-17(14-6-4-3-5-7-14)15-8-10-16(18)11-9-15/h3-11,17H,12-13H2,1-2H3. The molecule has 0 N–H and O–H groups in total. The highest BCUT2D eigenvalue weighted by Gasteiger charge is 2.14. The Morgan fingerprint density at radius 1 is 0.950 bits per heavy atom. The van der Waals surface area contributed by atoms with E-state index >= 15 is 0 Å². The maximum absolute atomic E-state index is 3.51. The van der Waals surface area contributed by atoms with Crippen LogP contribution >= 0.6 is 27.7 Å². The first-order valence-electron chi connectivity index (χ1n) is 6.73. The molecule has 1 nitrogen and oxygen atoms in total. The van der Waals surface area contributed by atoms with Gasteiger partial charge in [-0.25, -0.2) is 0 Å². The molecule has 0 spiro atoms. The molecule has 0 heterocycles. The third kappa shape index (κ3) is 4.65. The van der Waals surface area contributed by atoms with Crippen molar-refractivity contribution < 1.29 is 0 Å². The average molecular weight is 350 g/mol. The van der Waals surface area contributed by atoms with Crippen molar-refractivity contribution in [3.05, 3.63) is 70.2 Å². The molecule has 0 saturated carbocycles. The molecule has 0 saturated heterocycles. The van der Waals surface area contributed by atoms with Crippen LogP contribution in [0.1, 0.15) is 16.4 Å². The van der Waals surface area contributed by atoms with E-state index in [1.807, 2.05) is 11.8 Å². The summed E-state index contributed by atoms with van der Waals surface area (Å²) < 4.78 is 1.13. The van der Waals surface area contributed by atoms with Gasteiger partial charge in [0.1, 0.15) is 0 Å². The van der Waals surface area contributed by atoms with Crippen molar-refractivity contribution >= 4 is 27.7 Å². The van der Waals surface area contributed by atoms with E-state index in [4.69, 9.17) is 0 Å². The van der Waals surface area contributed by atoms with Gasteiger partial charge in [-0.3, -0.25) is 0 Å². The van der Waals surface area contributed by atoms with Gasteiger partial charge in [0.05, 0.1) is 5.25 Å². The lowest BCUT2D eigenvalue weighted by Gasteiger charge is -2.19. The second-order valence-electron chi connectivity index (χ2n) is 5.02. The number of thioether (sulfide) groups is 1. The molecule has 1 unspecified atom stereocenters. The zero-order valence-corrected chi connectivity index (χ0v) is 14.3. The van der Waals surface area contributed by atoms with Crippen LogP contribution in [0.3, 0.4) is 0 Å². The minimum absolute atomic E-state index is 0.407. The van der Waals surface area contributed by atoms with Crippen LogP contribution in [0.5, 0.6) is 0 Å². The Labute approximate surface area is 134 Å². The summed E-state index contributed by atoms with van der Waals surface area (Å²) >= 11 is 5.51. The topological polar surface area (TPSA) is 3.24 Å². The number of hydrogen-bond donors (Lipinski definition) is 0. The van der Waals surface area contributed by atoms with Gasteiger partial charge in [-0.15, -0.1) is 11.8 Å². The Kier molecular flexibility index (Phi) is 6.14. The molecule has 20 heavy (non-hydrogen) atoms. The molecule has 0 aliphatic rings. The highest BCUT2D eigenvalue weighted by Crippen LogP contribution is 2.35. The Hall–Kier alpha value is -0.770. The predicted molar refractivity (Wildman–Crippen MR) is 93.4 cm³/mol. The normalized spacial score (nSPS) is 12.6. The minimum atomic E-state index is 0.407. The molecule has 0 aromatic heterocycles. The quantitative estimate of drug-likeness (QED) is 0.734. The van der Waals surface area contributed by atoms with Crippen molar-refractivity contribution in [2.75, 3.05) is 26.4 Å². The van der Waals surface area contributed by atoms with E-state index in [9.17, 15) is 0 Å². The van der Waals surface area contributed by atoms with E-state index in [1.165, 1.54) is 11.1 Å². The molecule has 0 amide bonds. The van der Waals surface area contributed by atoms with Crippen LogP contribution in [0.25, 0.3) is 0 Å². The summed E-state index contributed by atoms with van der Waals surface area (Å²) in [5.74, 6) is 1.13. The fourth-order valence-corrected chi connectivity index (χ4v) is 3.67. The molecule has 106 valence electrons. The van der Waals surface area contributed by atoms with Gasteiger partial charge in [0.2, 0.25) is 0 Å². The fourth-order valence-electron chi connectivity index (χ4n) is 2.00. The van der Waals surface area contributed by atoms with Gasteiger partial charge in [-0.2, -0.15) is 0 Å². The van der Waals surface area contributed by atoms with Crippen LogP contribution in [-0.4, -0.2) is 31.3 Å². The summed E-state index contributed by atoms with van der Waals surface area (Å²) in [5, 5.41) is 0.407. The predicted octanol–water partition coefficient (Wildman–Crippen LogP) is 4.83. The molecule has 1 atom stereocenters. The number of rotatable bonds is 6. The van der Waals surface area contributed by atoms with E-state index < -0.39 is 0 Å². The molecular weight excluding hydrogens is 330 g/mol. The molecule has 0 aliphatic heterocycles. The molecule has 2 aromatic rings. The monoisotopic (exact) mass is 349 g/mol. The van der Waals surface area contributed by atoms with Crippen molar-refractivity contribution in [1.82, 2.24) is 4.90 Å². The first-order chi connectivity index (χ1) is 9.66.